The molecule has 1 heterocycles. The largest absolute Gasteiger partial charge is 0.481 e. The van der Waals surface area contributed by atoms with Gasteiger partial charge in [0.2, 0.25) is 0 Å². The first kappa shape index (κ1) is 14.5. The van der Waals surface area contributed by atoms with Crippen molar-refractivity contribution in [2.45, 2.75) is 51.6 Å². The molecule has 0 unspecified atom stereocenters. The number of rotatable bonds is 6. The van der Waals surface area contributed by atoms with E-state index >= 15 is 0 Å². The Hall–Kier alpha value is -0.610. The van der Waals surface area contributed by atoms with E-state index in [9.17, 15) is 9.90 Å². The average Bonchev–Trinajstić information content (AvgIpc) is 2.24. The van der Waals surface area contributed by atoms with Crippen molar-refractivity contribution in [1.82, 2.24) is 4.90 Å². The number of aliphatic carboxylic acids is 1. The standard InChI is InChI=1S/C13H25NO3/c1-13(2,17)7-10-14-8-5-11(6-9-14)3-4-12(15)16/h11,17H,3-10H2,1-2H3,(H,15,16). The van der Waals surface area contributed by atoms with Crippen molar-refractivity contribution in [1.29, 1.82) is 0 Å². The highest BCUT2D eigenvalue weighted by molar-refractivity contribution is 5.66. The number of aliphatic hydroxyl groups is 1. The van der Waals surface area contributed by atoms with Crippen LogP contribution >= 0.6 is 0 Å². The topological polar surface area (TPSA) is 60.8 Å². The van der Waals surface area contributed by atoms with Crippen molar-refractivity contribution in [3.8, 4) is 0 Å². The lowest BCUT2D eigenvalue weighted by atomic mass is 9.92. The molecule has 100 valence electrons. The van der Waals surface area contributed by atoms with E-state index < -0.39 is 11.6 Å². The van der Waals surface area contributed by atoms with Crippen LogP contribution in [0.1, 0.15) is 46.0 Å². The Morgan fingerprint density at radius 2 is 1.94 bits per heavy atom. The van der Waals surface area contributed by atoms with E-state index in [0.29, 0.717) is 12.3 Å². The van der Waals surface area contributed by atoms with Gasteiger partial charge in [0.15, 0.2) is 0 Å². The van der Waals surface area contributed by atoms with Crippen LogP contribution in [0.2, 0.25) is 0 Å². The molecule has 1 rings (SSSR count). The van der Waals surface area contributed by atoms with Gasteiger partial charge in [-0.1, -0.05) is 0 Å². The quantitative estimate of drug-likeness (QED) is 0.746. The zero-order valence-electron chi connectivity index (χ0n) is 11.0. The van der Waals surface area contributed by atoms with Crippen molar-refractivity contribution >= 4 is 5.97 Å². The van der Waals surface area contributed by atoms with Gasteiger partial charge in [-0.15, -0.1) is 0 Å². The number of carboxylic acids is 1. The van der Waals surface area contributed by atoms with Crippen LogP contribution in [0, 0.1) is 5.92 Å². The molecule has 0 saturated carbocycles. The van der Waals surface area contributed by atoms with Crippen LogP contribution in [0.5, 0.6) is 0 Å². The highest BCUT2D eigenvalue weighted by Gasteiger charge is 2.21. The van der Waals surface area contributed by atoms with Crippen molar-refractivity contribution in [3.05, 3.63) is 0 Å². The molecule has 0 amide bonds. The first-order valence-electron chi connectivity index (χ1n) is 6.53. The predicted octanol–water partition coefficient (Wildman–Crippen LogP) is 1.72. The number of hydrogen-bond donors (Lipinski definition) is 2. The van der Waals surface area contributed by atoms with Gasteiger partial charge < -0.3 is 15.1 Å². The third-order valence-corrected chi connectivity index (χ3v) is 3.51. The van der Waals surface area contributed by atoms with Gasteiger partial charge >= 0.3 is 5.97 Å². The molecule has 0 aromatic heterocycles. The van der Waals surface area contributed by atoms with E-state index in [2.05, 4.69) is 4.90 Å². The fourth-order valence-corrected chi connectivity index (χ4v) is 2.26. The van der Waals surface area contributed by atoms with Gasteiger partial charge in [0.1, 0.15) is 0 Å². The highest BCUT2D eigenvalue weighted by Crippen LogP contribution is 2.22. The minimum absolute atomic E-state index is 0.300. The molecule has 1 fully saturated rings. The summed E-state index contributed by atoms with van der Waals surface area (Å²) < 4.78 is 0. The van der Waals surface area contributed by atoms with Crippen LogP contribution in [0.3, 0.4) is 0 Å². The molecule has 2 N–H and O–H groups in total. The van der Waals surface area contributed by atoms with Gasteiger partial charge in [0.05, 0.1) is 5.60 Å². The summed E-state index contributed by atoms with van der Waals surface area (Å²) in [6.45, 7) is 6.70. The predicted molar refractivity (Wildman–Crippen MR) is 66.9 cm³/mol. The molecule has 0 aliphatic carbocycles. The number of piperidine rings is 1. The first-order chi connectivity index (χ1) is 7.87. The van der Waals surface area contributed by atoms with Crippen molar-refractivity contribution < 1.29 is 15.0 Å². The number of hydrogen-bond acceptors (Lipinski definition) is 3. The van der Waals surface area contributed by atoms with Crippen LogP contribution in [0.25, 0.3) is 0 Å². The fraction of sp³-hybridized carbons (Fsp3) is 0.923. The maximum absolute atomic E-state index is 10.5. The number of likely N-dealkylation sites (tertiary alicyclic amines) is 1. The summed E-state index contributed by atoms with van der Waals surface area (Å²) in [7, 11) is 0. The second-order valence-electron chi connectivity index (χ2n) is 5.78. The van der Waals surface area contributed by atoms with Gasteiger partial charge in [0, 0.05) is 13.0 Å². The minimum Gasteiger partial charge on any atom is -0.481 e. The van der Waals surface area contributed by atoms with E-state index in [-0.39, 0.29) is 0 Å². The number of carboxylic acid groups (broad SMARTS) is 1. The molecule has 0 aromatic rings. The summed E-state index contributed by atoms with van der Waals surface area (Å²) in [5, 5.41) is 18.3. The van der Waals surface area contributed by atoms with Crippen LogP contribution in [-0.2, 0) is 4.79 Å². The van der Waals surface area contributed by atoms with Crippen LogP contribution in [-0.4, -0.2) is 46.3 Å². The Morgan fingerprint density at radius 1 is 1.35 bits per heavy atom. The van der Waals surface area contributed by atoms with Gasteiger partial charge in [0.25, 0.3) is 0 Å². The van der Waals surface area contributed by atoms with E-state index in [0.717, 1.165) is 45.3 Å². The van der Waals surface area contributed by atoms with Crippen LogP contribution in [0.4, 0.5) is 0 Å². The summed E-state index contributed by atoms with van der Waals surface area (Å²) >= 11 is 0. The van der Waals surface area contributed by atoms with Gasteiger partial charge in [-0.2, -0.15) is 0 Å². The lowest BCUT2D eigenvalue weighted by Gasteiger charge is -2.33. The third-order valence-electron chi connectivity index (χ3n) is 3.51. The molecule has 0 atom stereocenters. The lowest BCUT2D eigenvalue weighted by Crippen LogP contribution is -2.37. The average molecular weight is 243 g/mol. The van der Waals surface area contributed by atoms with E-state index in [1.165, 1.54) is 0 Å². The summed E-state index contributed by atoms with van der Waals surface area (Å²) in [6, 6.07) is 0. The lowest BCUT2D eigenvalue weighted by molar-refractivity contribution is -0.137. The number of nitrogens with zero attached hydrogens (tertiary/aromatic N) is 1. The normalized spacial score (nSPS) is 19.5. The smallest absolute Gasteiger partial charge is 0.303 e. The van der Waals surface area contributed by atoms with E-state index in [4.69, 9.17) is 5.11 Å². The zero-order valence-corrected chi connectivity index (χ0v) is 11.0. The van der Waals surface area contributed by atoms with E-state index in [1.54, 1.807) is 0 Å². The molecule has 1 aliphatic heterocycles. The molecule has 4 nitrogen and oxygen atoms in total. The summed E-state index contributed by atoms with van der Waals surface area (Å²) in [4.78, 5) is 12.9. The SMILES string of the molecule is CC(C)(O)CCN1CCC(CCC(=O)O)CC1. The third kappa shape index (κ3) is 6.64. The molecule has 17 heavy (non-hydrogen) atoms. The molecule has 1 saturated heterocycles. The molecule has 4 heteroatoms. The summed E-state index contributed by atoms with van der Waals surface area (Å²) in [5.74, 6) is -0.112. The maximum Gasteiger partial charge on any atom is 0.303 e. The molecule has 0 spiro atoms. The second-order valence-corrected chi connectivity index (χ2v) is 5.78. The maximum atomic E-state index is 10.5. The Balaban J connectivity index is 2.15. The number of carbonyl (C=O) groups is 1. The summed E-state index contributed by atoms with van der Waals surface area (Å²) in [5.41, 5.74) is -0.583. The Bertz CT molecular complexity index is 240. The monoisotopic (exact) mass is 243 g/mol. The molecular weight excluding hydrogens is 218 g/mol. The van der Waals surface area contributed by atoms with Crippen molar-refractivity contribution in [3.63, 3.8) is 0 Å². The molecule has 1 aliphatic rings. The molecular formula is C13H25NO3. The molecule has 0 aromatic carbocycles. The molecule has 0 bridgehead atoms. The van der Waals surface area contributed by atoms with Crippen LogP contribution in [0.15, 0.2) is 0 Å². The Kier molecular flexibility index (Phi) is 5.40. The Labute approximate surface area is 104 Å². The van der Waals surface area contributed by atoms with Crippen molar-refractivity contribution in [2.24, 2.45) is 5.92 Å². The van der Waals surface area contributed by atoms with Crippen molar-refractivity contribution in [2.75, 3.05) is 19.6 Å². The van der Waals surface area contributed by atoms with Gasteiger partial charge in [-0.3, -0.25) is 4.79 Å². The van der Waals surface area contributed by atoms with E-state index in [1.807, 2.05) is 13.8 Å². The van der Waals surface area contributed by atoms with Crippen LogP contribution < -0.4 is 0 Å². The van der Waals surface area contributed by atoms with Gasteiger partial charge in [-0.25, -0.2) is 0 Å². The highest BCUT2D eigenvalue weighted by atomic mass is 16.4. The second kappa shape index (κ2) is 6.36. The Morgan fingerprint density at radius 3 is 2.41 bits per heavy atom. The minimum atomic E-state index is -0.686. The molecule has 0 radical (unpaired) electrons. The fourth-order valence-electron chi connectivity index (χ4n) is 2.26. The first-order valence-corrected chi connectivity index (χ1v) is 6.53. The summed E-state index contributed by atoms with van der Waals surface area (Å²) in [6.07, 6.45) is 4.11. The van der Waals surface area contributed by atoms with Gasteiger partial charge in [-0.05, 0) is 58.5 Å². The zero-order chi connectivity index (χ0) is 12.9.